The monoisotopic (exact) mass is 624 g/mol. The van der Waals surface area contributed by atoms with Crippen LogP contribution in [0.1, 0.15) is 97.1 Å². The second-order valence-electron chi connectivity index (χ2n) is 9.40. The predicted molar refractivity (Wildman–Crippen MR) is 148 cm³/mol. The van der Waals surface area contributed by atoms with Gasteiger partial charge < -0.3 is 24.4 Å². The summed E-state index contributed by atoms with van der Waals surface area (Å²) in [7, 11) is 0. The first-order valence-electron chi connectivity index (χ1n) is 12.4. The molecule has 0 aliphatic heterocycles. The molecule has 0 bridgehead atoms. The standard InChI is InChI=1S/C25H34Cl2N2O8S2/c1-6-35-23(33)15-11-38-20(28-15)18(31)10-36-24(34)16-12-39-21(29-16)19(13(2)3)37-22(32)14(4)17(30)8-7-9-25(5,26)27/h11-14,17-19,30-31H,6-10H2,1-5H3/t14-,17-,18-,19+/m0/s1. The number of ether oxygens (including phenoxy) is 3. The normalized spacial score (nSPS) is 14.9. The highest BCUT2D eigenvalue weighted by atomic mass is 35.5. The van der Waals surface area contributed by atoms with Crippen LogP contribution in [0.25, 0.3) is 0 Å². The molecule has 0 aliphatic carbocycles. The zero-order valence-electron chi connectivity index (χ0n) is 22.4. The van der Waals surface area contributed by atoms with E-state index in [0.717, 1.165) is 22.7 Å². The van der Waals surface area contributed by atoms with Crippen molar-refractivity contribution in [3.05, 3.63) is 32.2 Å². The molecule has 2 aromatic heterocycles. The minimum Gasteiger partial charge on any atom is -0.461 e. The summed E-state index contributed by atoms with van der Waals surface area (Å²) in [5.74, 6) is -2.92. The van der Waals surface area contributed by atoms with Crippen molar-refractivity contribution in [3.8, 4) is 0 Å². The SMILES string of the molecule is CCOC(=O)c1csc([C@@H](O)COC(=O)c2csc([C@H](OC(=O)[C@@H](C)[C@@H](O)CCCC(C)(Cl)Cl)C(C)C)n2)n1. The van der Waals surface area contributed by atoms with E-state index in [-0.39, 0.29) is 28.9 Å². The average molecular weight is 626 g/mol. The third kappa shape index (κ3) is 10.6. The first-order valence-corrected chi connectivity index (χ1v) is 14.9. The van der Waals surface area contributed by atoms with E-state index >= 15 is 0 Å². The van der Waals surface area contributed by atoms with E-state index < -0.39 is 53.1 Å². The van der Waals surface area contributed by atoms with E-state index in [0.29, 0.717) is 24.3 Å². The van der Waals surface area contributed by atoms with Crippen LogP contribution >= 0.6 is 45.9 Å². The van der Waals surface area contributed by atoms with Crippen molar-refractivity contribution >= 4 is 63.8 Å². The predicted octanol–water partition coefficient (Wildman–Crippen LogP) is 5.27. The second-order valence-corrected chi connectivity index (χ2v) is 13.0. The third-order valence-electron chi connectivity index (χ3n) is 5.55. The quantitative estimate of drug-likeness (QED) is 0.153. The number of aliphatic hydroxyl groups excluding tert-OH is 2. The van der Waals surface area contributed by atoms with E-state index in [9.17, 15) is 24.6 Å². The van der Waals surface area contributed by atoms with Crippen LogP contribution in [0.4, 0.5) is 0 Å². The van der Waals surface area contributed by atoms with Crippen LogP contribution in [0, 0.1) is 11.8 Å². The third-order valence-corrected chi connectivity index (χ3v) is 7.78. The topological polar surface area (TPSA) is 145 Å². The molecule has 0 saturated heterocycles. The number of esters is 3. The molecule has 0 unspecified atom stereocenters. The van der Waals surface area contributed by atoms with Crippen LogP contribution in [-0.2, 0) is 19.0 Å². The molecule has 14 heteroatoms. The molecule has 2 N–H and O–H groups in total. The van der Waals surface area contributed by atoms with Gasteiger partial charge >= 0.3 is 17.9 Å². The number of aromatic nitrogens is 2. The number of hydrogen-bond acceptors (Lipinski definition) is 12. The van der Waals surface area contributed by atoms with Crippen molar-refractivity contribution in [2.45, 2.75) is 76.5 Å². The van der Waals surface area contributed by atoms with Gasteiger partial charge in [0.2, 0.25) is 0 Å². The molecule has 2 rings (SSSR count). The minimum atomic E-state index is -1.24. The molecular weight excluding hydrogens is 591 g/mol. The number of nitrogens with zero attached hydrogens (tertiary/aromatic N) is 2. The van der Waals surface area contributed by atoms with Gasteiger partial charge in [-0.2, -0.15) is 0 Å². The Bertz CT molecular complexity index is 1100. The van der Waals surface area contributed by atoms with Gasteiger partial charge in [0.05, 0.1) is 18.6 Å². The molecule has 0 aromatic carbocycles. The Hall–Kier alpha value is -1.83. The minimum absolute atomic E-state index is 0.00599. The van der Waals surface area contributed by atoms with Gasteiger partial charge in [-0.15, -0.1) is 45.9 Å². The van der Waals surface area contributed by atoms with E-state index in [4.69, 9.17) is 37.4 Å². The number of alkyl halides is 2. The van der Waals surface area contributed by atoms with Crippen molar-refractivity contribution in [2.75, 3.05) is 13.2 Å². The van der Waals surface area contributed by atoms with Gasteiger partial charge in [0.25, 0.3) is 0 Å². The van der Waals surface area contributed by atoms with Crippen LogP contribution in [0.3, 0.4) is 0 Å². The van der Waals surface area contributed by atoms with Crippen LogP contribution in [0.15, 0.2) is 10.8 Å². The van der Waals surface area contributed by atoms with E-state index in [1.807, 2.05) is 13.8 Å². The van der Waals surface area contributed by atoms with E-state index in [1.54, 1.807) is 20.8 Å². The number of carbonyl (C=O) groups excluding carboxylic acids is 3. The van der Waals surface area contributed by atoms with Gasteiger partial charge in [-0.25, -0.2) is 19.6 Å². The first-order chi connectivity index (χ1) is 18.2. The van der Waals surface area contributed by atoms with Gasteiger partial charge in [0, 0.05) is 10.8 Å². The van der Waals surface area contributed by atoms with Gasteiger partial charge in [-0.05, 0) is 46.0 Å². The second kappa shape index (κ2) is 15.2. The molecule has 218 valence electrons. The van der Waals surface area contributed by atoms with E-state index in [2.05, 4.69) is 9.97 Å². The first kappa shape index (κ1) is 33.4. The van der Waals surface area contributed by atoms with Crippen molar-refractivity contribution in [1.29, 1.82) is 0 Å². The molecule has 10 nitrogen and oxygen atoms in total. The number of halogens is 2. The van der Waals surface area contributed by atoms with Gasteiger partial charge in [-0.3, -0.25) is 4.79 Å². The fraction of sp³-hybridized carbons (Fsp3) is 0.640. The summed E-state index contributed by atoms with van der Waals surface area (Å²) in [6, 6.07) is 0. The lowest BCUT2D eigenvalue weighted by Gasteiger charge is -2.24. The summed E-state index contributed by atoms with van der Waals surface area (Å²) in [5, 5.41) is 24.2. The Balaban J connectivity index is 1.95. The Morgan fingerprint density at radius 3 is 2.13 bits per heavy atom. The van der Waals surface area contributed by atoms with Gasteiger partial charge in [0.1, 0.15) is 27.1 Å². The maximum Gasteiger partial charge on any atom is 0.357 e. The van der Waals surface area contributed by atoms with E-state index in [1.165, 1.54) is 10.8 Å². The largest absolute Gasteiger partial charge is 0.461 e. The highest BCUT2D eigenvalue weighted by Gasteiger charge is 2.31. The number of rotatable bonds is 15. The summed E-state index contributed by atoms with van der Waals surface area (Å²) in [6.07, 6.45) is -1.56. The molecule has 2 heterocycles. The smallest absolute Gasteiger partial charge is 0.357 e. The molecule has 0 aliphatic rings. The summed E-state index contributed by atoms with van der Waals surface area (Å²) in [5.41, 5.74) is 0.0597. The average Bonchev–Trinajstić information content (AvgIpc) is 3.54. The number of hydrogen-bond donors (Lipinski definition) is 2. The lowest BCUT2D eigenvalue weighted by molar-refractivity contribution is -0.160. The maximum absolute atomic E-state index is 12.8. The Labute approximate surface area is 245 Å². The summed E-state index contributed by atoms with van der Waals surface area (Å²) in [4.78, 5) is 45.3. The molecule has 0 radical (unpaired) electrons. The highest BCUT2D eigenvalue weighted by Crippen LogP contribution is 2.31. The van der Waals surface area contributed by atoms with Crippen LogP contribution in [0.5, 0.6) is 0 Å². The molecule has 0 fully saturated rings. The lowest BCUT2D eigenvalue weighted by Crippen LogP contribution is -2.30. The molecule has 39 heavy (non-hydrogen) atoms. The van der Waals surface area contributed by atoms with Crippen molar-refractivity contribution in [1.82, 2.24) is 9.97 Å². The Morgan fingerprint density at radius 1 is 1.00 bits per heavy atom. The lowest BCUT2D eigenvalue weighted by atomic mass is 9.99. The Kier molecular flexibility index (Phi) is 13.0. The summed E-state index contributed by atoms with van der Waals surface area (Å²) in [6.45, 7) is 8.40. The Morgan fingerprint density at radius 2 is 1.56 bits per heavy atom. The van der Waals surface area contributed by atoms with Crippen molar-refractivity contribution in [3.63, 3.8) is 0 Å². The fourth-order valence-corrected chi connectivity index (χ4v) is 5.30. The maximum atomic E-state index is 12.8. The van der Waals surface area contributed by atoms with Crippen LogP contribution in [0.2, 0.25) is 0 Å². The number of carbonyl (C=O) groups is 3. The summed E-state index contributed by atoms with van der Waals surface area (Å²) < 4.78 is 14.8. The van der Waals surface area contributed by atoms with Crippen LogP contribution in [-0.4, -0.2) is 61.7 Å². The molecule has 4 atom stereocenters. The zero-order valence-corrected chi connectivity index (χ0v) is 25.5. The highest BCUT2D eigenvalue weighted by molar-refractivity contribution is 7.10. The van der Waals surface area contributed by atoms with Crippen LogP contribution < -0.4 is 0 Å². The van der Waals surface area contributed by atoms with Crippen molar-refractivity contribution in [2.24, 2.45) is 11.8 Å². The van der Waals surface area contributed by atoms with Gasteiger partial charge in [-0.1, -0.05) is 13.8 Å². The number of thiazole rings is 2. The van der Waals surface area contributed by atoms with Crippen molar-refractivity contribution < 1.29 is 38.8 Å². The van der Waals surface area contributed by atoms with Gasteiger partial charge in [0.15, 0.2) is 17.5 Å². The molecule has 0 saturated carbocycles. The molecule has 2 aromatic rings. The zero-order chi connectivity index (χ0) is 29.3. The molecule has 0 amide bonds. The summed E-state index contributed by atoms with van der Waals surface area (Å²) >= 11 is 14.1. The fourth-order valence-electron chi connectivity index (χ4n) is 3.28. The molecular formula is C25H34Cl2N2O8S2. The molecule has 0 spiro atoms. The number of aliphatic hydroxyl groups is 2.